The number of para-hydroxylation sites is 1. The van der Waals surface area contributed by atoms with Crippen molar-refractivity contribution in [2.45, 2.75) is 18.9 Å². The fourth-order valence-corrected chi connectivity index (χ4v) is 2.42. The zero-order valence-corrected chi connectivity index (χ0v) is 9.28. The number of benzene rings is 1. The van der Waals surface area contributed by atoms with Crippen LogP contribution in [-0.2, 0) is 7.05 Å². The van der Waals surface area contributed by atoms with E-state index in [1.807, 2.05) is 23.9 Å². The van der Waals surface area contributed by atoms with Crippen LogP contribution in [0.5, 0.6) is 0 Å². The molecule has 1 aromatic carbocycles. The normalized spacial score (nSPS) is 17.9. The Bertz CT molecular complexity index is 540. The van der Waals surface area contributed by atoms with E-state index in [1.54, 1.807) is 6.07 Å². The molecule has 1 aliphatic rings. The zero-order chi connectivity index (χ0) is 11.3. The first-order valence-electron chi connectivity index (χ1n) is 5.67. The van der Waals surface area contributed by atoms with Crippen LogP contribution < -0.4 is 5.73 Å². The SMILES string of the molecule is Cn1cc(C(N)C2CC2)c2cccc(F)c21. The van der Waals surface area contributed by atoms with E-state index >= 15 is 0 Å². The number of aromatic nitrogens is 1. The highest BCUT2D eigenvalue weighted by molar-refractivity contribution is 5.85. The summed E-state index contributed by atoms with van der Waals surface area (Å²) >= 11 is 0. The van der Waals surface area contributed by atoms with Crippen molar-refractivity contribution in [1.82, 2.24) is 4.57 Å². The second kappa shape index (κ2) is 3.32. The minimum absolute atomic E-state index is 0.0606. The van der Waals surface area contributed by atoms with Gasteiger partial charge in [0.25, 0.3) is 0 Å². The monoisotopic (exact) mass is 218 g/mol. The van der Waals surface area contributed by atoms with Crippen molar-refractivity contribution < 1.29 is 4.39 Å². The average Bonchev–Trinajstić information content (AvgIpc) is 3.04. The first-order valence-corrected chi connectivity index (χ1v) is 5.67. The predicted octanol–water partition coefficient (Wildman–Crippen LogP) is 2.73. The zero-order valence-electron chi connectivity index (χ0n) is 9.28. The molecule has 0 amide bonds. The number of halogens is 1. The van der Waals surface area contributed by atoms with Crippen molar-refractivity contribution in [3.05, 3.63) is 35.8 Å². The lowest BCUT2D eigenvalue weighted by atomic mass is 10.0. The number of aryl methyl sites for hydroxylation is 1. The van der Waals surface area contributed by atoms with Crippen molar-refractivity contribution in [3.63, 3.8) is 0 Å². The van der Waals surface area contributed by atoms with Gasteiger partial charge in [-0.05, 0) is 30.4 Å². The van der Waals surface area contributed by atoms with E-state index in [0.29, 0.717) is 11.4 Å². The largest absolute Gasteiger partial charge is 0.348 e. The van der Waals surface area contributed by atoms with Crippen LogP contribution in [0.15, 0.2) is 24.4 Å². The topological polar surface area (TPSA) is 30.9 Å². The van der Waals surface area contributed by atoms with Gasteiger partial charge in [0.2, 0.25) is 0 Å². The smallest absolute Gasteiger partial charge is 0.147 e. The Morgan fingerprint density at radius 1 is 1.44 bits per heavy atom. The van der Waals surface area contributed by atoms with E-state index in [0.717, 1.165) is 10.9 Å². The number of fused-ring (bicyclic) bond motifs is 1. The quantitative estimate of drug-likeness (QED) is 0.825. The molecule has 1 unspecified atom stereocenters. The van der Waals surface area contributed by atoms with Crippen LogP contribution in [0.4, 0.5) is 4.39 Å². The van der Waals surface area contributed by atoms with Gasteiger partial charge in [-0.15, -0.1) is 0 Å². The molecule has 84 valence electrons. The highest BCUT2D eigenvalue weighted by Crippen LogP contribution is 2.41. The molecule has 0 aliphatic heterocycles. The Morgan fingerprint density at radius 3 is 2.88 bits per heavy atom. The Kier molecular flexibility index (Phi) is 2.04. The molecule has 1 aliphatic carbocycles. The first-order chi connectivity index (χ1) is 7.68. The molecule has 1 aromatic heterocycles. The Hall–Kier alpha value is -1.35. The number of hydrogen-bond acceptors (Lipinski definition) is 1. The Morgan fingerprint density at radius 2 is 2.19 bits per heavy atom. The van der Waals surface area contributed by atoms with Gasteiger partial charge < -0.3 is 10.3 Å². The summed E-state index contributed by atoms with van der Waals surface area (Å²) < 4.78 is 15.5. The third-order valence-electron chi connectivity index (χ3n) is 3.47. The highest BCUT2D eigenvalue weighted by Gasteiger charge is 2.31. The molecule has 16 heavy (non-hydrogen) atoms. The molecule has 1 fully saturated rings. The van der Waals surface area contributed by atoms with Crippen LogP contribution >= 0.6 is 0 Å². The van der Waals surface area contributed by atoms with E-state index in [4.69, 9.17) is 5.73 Å². The maximum Gasteiger partial charge on any atom is 0.147 e. The molecule has 0 spiro atoms. The van der Waals surface area contributed by atoms with E-state index < -0.39 is 0 Å². The molecular weight excluding hydrogens is 203 g/mol. The van der Waals surface area contributed by atoms with Crippen LogP contribution in [0.2, 0.25) is 0 Å². The van der Waals surface area contributed by atoms with Crippen molar-refractivity contribution in [2.24, 2.45) is 18.7 Å². The summed E-state index contributed by atoms with van der Waals surface area (Å²) in [6, 6.07) is 5.26. The summed E-state index contributed by atoms with van der Waals surface area (Å²) in [5, 5.41) is 0.960. The maximum atomic E-state index is 13.7. The van der Waals surface area contributed by atoms with Crippen molar-refractivity contribution in [3.8, 4) is 0 Å². The highest BCUT2D eigenvalue weighted by atomic mass is 19.1. The van der Waals surface area contributed by atoms with Gasteiger partial charge in [-0.1, -0.05) is 12.1 Å². The van der Waals surface area contributed by atoms with Crippen LogP contribution in [0, 0.1) is 11.7 Å². The van der Waals surface area contributed by atoms with Gasteiger partial charge in [0.15, 0.2) is 0 Å². The lowest BCUT2D eigenvalue weighted by molar-refractivity contribution is 0.631. The summed E-state index contributed by atoms with van der Waals surface area (Å²) in [6.07, 6.45) is 4.37. The summed E-state index contributed by atoms with van der Waals surface area (Å²) in [5.41, 5.74) is 7.94. The van der Waals surface area contributed by atoms with Gasteiger partial charge in [0, 0.05) is 24.7 Å². The number of rotatable bonds is 2. The van der Waals surface area contributed by atoms with Gasteiger partial charge in [0.05, 0.1) is 5.52 Å². The third kappa shape index (κ3) is 1.35. The molecule has 1 saturated carbocycles. The van der Waals surface area contributed by atoms with Crippen LogP contribution in [0.3, 0.4) is 0 Å². The number of nitrogens with zero attached hydrogens (tertiary/aromatic N) is 1. The van der Waals surface area contributed by atoms with Crippen molar-refractivity contribution in [1.29, 1.82) is 0 Å². The summed E-state index contributed by atoms with van der Waals surface area (Å²) in [4.78, 5) is 0. The molecule has 3 rings (SSSR count). The fourth-order valence-electron chi connectivity index (χ4n) is 2.42. The minimum atomic E-state index is -0.172. The molecule has 0 saturated heterocycles. The van der Waals surface area contributed by atoms with Crippen molar-refractivity contribution >= 4 is 10.9 Å². The molecule has 0 radical (unpaired) electrons. The second-order valence-electron chi connectivity index (χ2n) is 4.69. The van der Waals surface area contributed by atoms with Gasteiger partial charge >= 0.3 is 0 Å². The van der Waals surface area contributed by atoms with Crippen LogP contribution in [0.25, 0.3) is 10.9 Å². The van der Waals surface area contributed by atoms with Gasteiger partial charge in [-0.25, -0.2) is 4.39 Å². The molecule has 1 heterocycles. The number of nitrogens with two attached hydrogens (primary N) is 1. The summed E-state index contributed by atoms with van der Waals surface area (Å²) in [7, 11) is 1.87. The van der Waals surface area contributed by atoms with Crippen molar-refractivity contribution in [2.75, 3.05) is 0 Å². The molecule has 2 N–H and O–H groups in total. The Balaban J connectivity index is 2.21. The molecule has 3 heteroatoms. The predicted molar refractivity (Wildman–Crippen MR) is 62.5 cm³/mol. The maximum absolute atomic E-state index is 13.7. The molecule has 2 aromatic rings. The standard InChI is InChI=1S/C13H15FN2/c1-16-7-10(12(15)8-5-6-8)9-3-2-4-11(14)13(9)16/h2-4,7-8,12H,5-6,15H2,1H3. The van der Waals surface area contributed by atoms with Crippen LogP contribution in [0.1, 0.15) is 24.4 Å². The molecular formula is C13H15FN2. The molecule has 1 atom stereocenters. The minimum Gasteiger partial charge on any atom is -0.348 e. The lowest BCUT2D eigenvalue weighted by Gasteiger charge is -2.08. The lowest BCUT2D eigenvalue weighted by Crippen LogP contribution is -2.11. The van der Waals surface area contributed by atoms with E-state index in [2.05, 4.69) is 0 Å². The second-order valence-corrected chi connectivity index (χ2v) is 4.69. The summed E-state index contributed by atoms with van der Waals surface area (Å²) in [5.74, 6) is 0.420. The first kappa shape index (κ1) is 9.85. The average molecular weight is 218 g/mol. The van der Waals surface area contributed by atoms with Gasteiger partial charge in [-0.2, -0.15) is 0 Å². The van der Waals surface area contributed by atoms with E-state index in [9.17, 15) is 4.39 Å². The van der Waals surface area contributed by atoms with Crippen LogP contribution in [-0.4, -0.2) is 4.57 Å². The number of hydrogen-bond donors (Lipinski definition) is 1. The van der Waals surface area contributed by atoms with E-state index in [-0.39, 0.29) is 11.9 Å². The molecule has 2 nitrogen and oxygen atoms in total. The fraction of sp³-hybridized carbons (Fsp3) is 0.385. The van der Waals surface area contributed by atoms with E-state index in [1.165, 1.54) is 18.9 Å². The van der Waals surface area contributed by atoms with Gasteiger partial charge in [-0.3, -0.25) is 0 Å². The Labute approximate surface area is 93.9 Å². The summed E-state index contributed by atoms with van der Waals surface area (Å²) in [6.45, 7) is 0. The van der Waals surface area contributed by atoms with Gasteiger partial charge in [0.1, 0.15) is 5.82 Å². The molecule has 0 bridgehead atoms. The third-order valence-corrected chi connectivity index (χ3v) is 3.47.